The molecule has 0 aliphatic carbocycles. The first-order chi connectivity index (χ1) is 7.91. The minimum Gasteiger partial charge on any atom is -0.0917 e. The molecule has 0 radical (unpaired) electrons. The van der Waals surface area contributed by atoms with Crippen LogP contribution >= 0.6 is 0 Å². The van der Waals surface area contributed by atoms with Gasteiger partial charge in [-0.1, -0.05) is 62.0 Å². The quantitative estimate of drug-likeness (QED) is 0.349. The zero-order valence-electron chi connectivity index (χ0n) is 10.9. The van der Waals surface area contributed by atoms with Gasteiger partial charge in [0.25, 0.3) is 0 Å². The Balaban J connectivity index is 3.32. The van der Waals surface area contributed by atoms with E-state index in [1.165, 1.54) is 12.8 Å². The van der Waals surface area contributed by atoms with Gasteiger partial charge in [-0.2, -0.15) is 0 Å². The first-order valence-corrected chi connectivity index (χ1v) is 6.48. The van der Waals surface area contributed by atoms with E-state index in [1.807, 2.05) is 0 Å². The Morgan fingerprint density at radius 2 is 1.12 bits per heavy atom. The van der Waals surface area contributed by atoms with Gasteiger partial charge in [-0.05, 0) is 39.0 Å². The molecule has 0 spiro atoms. The van der Waals surface area contributed by atoms with Gasteiger partial charge in [0.2, 0.25) is 0 Å². The predicted octanol–water partition coefficient (Wildman–Crippen LogP) is 5.59. The molecule has 0 amide bonds. The van der Waals surface area contributed by atoms with Gasteiger partial charge in [-0.3, -0.25) is 0 Å². The van der Waals surface area contributed by atoms with Crippen LogP contribution in [0.4, 0.5) is 0 Å². The SMILES string of the molecule is CC=CCCC=CCC=CCC=CCCC. The van der Waals surface area contributed by atoms with Crippen LogP contribution in [0.25, 0.3) is 0 Å². The molecule has 0 rings (SSSR count). The van der Waals surface area contributed by atoms with Gasteiger partial charge in [0.15, 0.2) is 0 Å². The van der Waals surface area contributed by atoms with E-state index in [1.54, 1.807) is 0 Å². The lowest BCUT2D eigenvalue weighted by molar-refractivity contribution is 0.954. The molecule has 0 saturated heterocycles. The molecule has 0 aromatic carbocycles. The van der Waals surface area contributed by atoms with Crippen molar-refractivity contribution in [2.45, 2.75) is 52.4 Å². The van der Waals surface area contributed by atoms with Gasteiger partial charge in [0, 0.05) is 0 Å². The van der Waals surface area contributed by atoms with E-state index in [-0.39, 0.29) is 0 Å². The second-order valence-corrected chi connectivity index (χ2v) is 3.82. The Bertz CT molecular complexity index is 228. The number of rotatable bonds is 9. The van der Waals surface area contributed by atoms with Crippen molar-refractivity contribution in [3.05, 3.63) is 48.6 Å². The van der Waals surface area contributed by atoms with E-state index in [4.69, 9.17) is 0 Å². The fraction of sp³-hybridized carbons (Fsp3) is 0.500. The molecule has 0 heterocycles. The van der Waals surface area contributed by atoms with E-state index in [2.05, 4.69) is 62.5 Å². The summed E-state index contributed by atoms with van der Waals surface area (Å²) in [7, 11) is 0. The minimum absolute atomic E-state index is 1.07. The van der Waals surface area contributed by atoms with Crippen molar-refractivity contribution in [3.63, 3.8) is 0 Å². The third kappa shape index (κ3) is 13.0. The van der Waals surface area contributed by atoms with Gasteiger partial charge < -0.3 is 0 Å². The van der Waals surface area contributed by atoms with Crippen LogP contribution in [-0.4, -0.2) is 0 Å². The summed E-state index contributed by atoms with van der Waals surface area (Å²) in [4.78, 5) is 0. The van der Waals surface area contributed by atoms with Crippen LogP contribution in [0, 0.1) is 0 Å². The molecule has 0 heteroatoms. The molecule has 0 fully saturated rings. The largest absolute Gasteiger partial charge is 0.0917 e. The predicted molar refractivity (Wildman–Crippen MR) is 75.6 cm³/mol. The topological polar surface area (TPSA) is 0 Å². The van der Waals surface area contributed by atoms with Gasteiger partial charge >= 0.3 is 0 Å². The summed E-state index contributed by atoms with van der Waals surface area (Å²) in [5.74, 6) is 0. The van der Waals surface area contributed by atoms with Gasteiger partial charge in [-0.15, -0.1) is 0 Å². The maximum atomic E-state index is 2.26. The van der Waals surface area contributed by atoms with Crippen molar-refractivity contribution < 1.29 is 0 Å². The smallest absolute Gasteiger partial charge is 0.0169 e. The molecule has 0 unspecified atom stereocenters. The highest BCUT2D eigenvalue weighted by atomic mass is 13.8. The first kappa shape index (κ1) is 15.0. The van der Waals surface area contributed by atoms with Crippen molar-refractivity contribution in [3.8, 4) is 0 Å². The summed E-state index contributed by atoms with van der Waals surface area (Å²) in [5.41, 5.74) is 0. The molecule has 16 heavy (non-hydrogen) atoms. The Kier molecular flexibility index (Phi) is 13.1. The average molecular weight is 218 g/mol. The molecule has 0 saturated carbocycles. The van der Waals surface area contributed by atoms with E-state index in [0.717, 1.165) is 25.7 Å². The Morgan fingerprint density at radius 1 is 0.625 bits per heavy atom. The molecule has 0 bridgehead atoms. The van der Waals surface area contributed by atoms with E-state index >= 15 is 0 Å². The molecule has 90 valence electrons. The van der Waals surface area contributed by atoms with Gasteiger partial charge in [0.1, 0.15) is 0 Å². The van der Waals surface area contributed by atoms with Crippen LogP contribution < -0.4 is 0 Å². The second-order valence-electron chi connectivity index (χ2n) is 3.82. The Hall–Kier alpha value is -1.04. The summed E-state index contributed by atoms with van der Waals surface area (Å²) in [6.45, 7) is 4.28. The van der Waals surface area contributed by atoms with Crippen LogP contribution in [0.3, 0.4) is 0 Å². The number of hydrogen-bond acceptors (Lipinski definition) is 0. The summed E-state index contributed by atoms with van der Waals surface area (Å²) >= 11 is 0. The second kappa shape index (κ2) is 14.0. The maximum Gasteiger partial charge on any atom is -0.0169 e. The summed E-state index contributed by atoms with van der Waals surface area (Å²) in [5, 5.41) is 0. The summed E-state index contributed by atoms with van der Waals surface area (Å²) in [6.07, 6.45) is 24.7. The maximum absolute atomic E-state index is 2.26. The highest BCUT2D eigenvalue weighted by Crippen LogP contribution is 1.97. The highest BCUT2D eigenvalue weighted by molar-refractivity contribution is 4.97. The Morgan fingerprint density at radius 3 is 1.69 bits per heavy atom. The zero-order valence-corrected chi connectivity index (χ0v) is 10.9. The van der Waals surface area contributed by atoms with Gasteiger partial charge in [0.05, 0.1) is 0 Å². The molecule has 0 nitrogen and oxygen atoms in total. The van der Waals surface area contributed by atoms with E-state index < -0.39 is 0 Å². The fourth-order valence-electron chi connectivity index (χ4n) is 1.30. The summed E-state index contributed by atoms with van der Waals surface area (Å²) in [6, 6.07) is 0. The van der Waals surface area contributed by atoms with Crippen LogP contribution in [0.5, 0.6) is 0 Å². The third-order valence-electron chi connectivity index (χ3n) is 2.24. The molecule has 0 atom stereocenters. The fourth-order valence-corrected chi connectivity index (χ4v) is 1.30. The Labute approximate surface area is 101 Å². The lowest BCUT2D eigenvalue weighted by Gasteiger charge is -1.86. The first-order valence-electron chi connectivity index (χ1n) is 6.48. The van der Waals surface area contributed by atoms with Crippen molar-refractivity contribution >= 4 is 0 Å². The normalized spacial score (nSPS) is 12.9. The van der Waals surface area contributed by atoms with Crippen molar-refractivity contribution in [2.75, 3.05) is 0 Å². The van der Waals surface area contributed by atoms with Crippen molar-refractivity contribution in [1.29, 1.82) is 0 Å². The molecular formula is C16H26. The molecule has 0 N–H and O–H groups in total. The molecule has 0 aliphatic rings. The molecule has 0 aliphatic heterocycles. The van der Waals surface area contributed by atoms with Crippen LogP contribution in [0.1, 0.15) is 52.4 Å². The van der Waals surface area contributed by atoms with Crippen LogP contribution in [0.2, 0.25) is 0 Å². The van der Waals surface area contributed by atoms with Crippen LogP contribution in [0.15, 0.2) is 48.6 Å². The lowest BCUT2D eigenvalue weighted by atomic mass is 10.2. The van der Waals surface area contributed by atoms with E-state index in [9.17, 15) is 0 Å². The zero-order chi connectivity index (χ0) is 11.9. The third-order valence-corrected chi connectivity index (χ3v) is 2.24. The molecule has 0 aromatic rings. The van der Waals surface area contributed by atoms with Crippen molar-refractivity contribution in [1.82, 2.24) is 0 Å². The molecular weight excluding hydrogens is 192 g/mol. The van der Waals surface area contributed by atoms with Gasteiger partial charge in [-0.25, -0.2) is 0 Å². The number of unbranched alkanes of at least 4 members (excludes halogenated alkanes) is 2. The van der Waals surface area contributed by atoms with E-state index in [0.29, 0.717) is 0 Å². The summed E-state index contributed by atoms with van der Waals surface area (Å²) < 4.78 is 0. The minimum atomic E-state index is 1.07. The molecule has 0 aromatic heterocycles. The number of hydrogen-bond donors (Lipinski definition) is 0. The number of allylic oxidation sites excluding steroid dienone is 8. The standard InChI is InChI=1S/C16H26/c1-3-5-7-9-11-13-15-16-14-12-10-8-6-4-2/h3,5,8,10-11,13-14,16H,4,6-7,9,12,15H2,1-2H3. The average Bonchev–Trinajstić information content (AvgIpc) is 2.31. The van der Waals surface area contributed by atoms with Crippen LogP contribution in [-0.2, 0) is 0 Å². The highest BCUT2D eigenvalue weighted by Gasteiger charge is 1.76. The monoisotopic (exact) mass is 218 g/mol. The lowest BCUT2D eigenvalue weighted by Crippen LogP contribution is -1.65. The van der Waals surface area contributed by atoms with Crippen molar-refractivity contribution in [2.24, 2.45) is 0 Å².